The maximum atomic E-state index is 5.87. The Morgan fingerprint density at radius 3 is 2.29 bits per heavy atom. The molecule has 1 rings (SSSR count). The lowest BCUT2D eigenvalue weighted by Gasteiger charge is -2.16. The zero-order chi connectivity index (χ0) is 10.6. The molecule has 1 atom stereocenters. The molecule has 78 valence electrons. The molecule has 0 radical (unpaired) electrons. The fourth-order valence-corrected chi connectivity index (χ4v) is 1.02. The van der Waals surface area contributed by atoms with Crippen molar-refractivity contribution in [2.45, 2.75) is 26.8 Å². The molecule has 0 fully saturated rings. The van der Waals surface area contributed by atoms with Crippen LogP contribution in [0.3, 0.4) is 0 Å². The Bertz CT molecular complexity index is 266. The third kappa shape index (κ3) is 3.38. The first-order chi connectivity index (χ1) is 6.59. The third-order valence-corrected chi connectivity index (χ3v) is 2.32. The minimum absolute atomic E-state index is 0.108. The summed E-state index contributed by atoms with van der Waals surface area (Å²) < 4.78 is 5.56. The van der Waals surface area contributed by atoms with Crippen LogP contribution in [-0.4, -0.2) is 12.6 Å². The molecule has 0 saturated carbocycles. The van der Waals surface area contributed by atoms with E-state index in [9.17, 15) is 0 Å². The first kappa shape index (κ1) is 11.1. The summed E-state index contributed by atoms with van der Waals surface area (Å²) in [5, 5.41) is 0. The standard InChI is InChI=1S/C12H19NO/c1-9(2)12(13)8-14-11-6-4-10(3)5-7-11/h4-7,9,12H,8,13H2,1-3H3. The van der Waals surface area contributed by atoms with Gasteiger partial charge in [0.05, 0.1) is 0 Å². The van der Waals surface area contributed by atoms with Crippen LogP contribution in [0, 0.1) is 12.8 Å². The quantitative estimate of drug-likeness (QED) is 0.796. The first-order valence-corrected chi connectivity index (χ1v) is 5.04. The van der Waals surface area contributed by atoms with Crippen LogP contribution in [0.2, 0.25) is 0 Å². The van der Waals surface area contributed by atoms with Gasteiger partial charge in [-0.3, -0.25) is 0 Å². The van der Waals surface area contributed by atoms with Gasteiger partial charge in [-0.15, -0.1) is 0 Å². The van der Waals surface area contributed by atoms with E-state index < -0.39 is 0 Å². The molecular formula is C12H19NO. The van der Waals surface area contributed by atoms with Crippen molar-refractivity contribution in [2.75, 3.05) is 6.61 Å². The molecule has 0 amide bonds. The summed E-state index contributed by atoms with van der Waals surface area (Å²) in [5.41, 5.74) is 7.11. The van der Waals surface area contributed by atoms with E-state index in [0.29, 0.717) is 12.5 Å². The SMILES string of the molecule is Cc1ccc(OCC(N)C(C)C)cc1. The Morgan fingerprint density at radius 2 is 1.79 bits per heavy atom. The molecule has 2 nitrogen and oxygen atoms in total. The highest BCUT2D eigenvalue weighted by Gasteiger charge is 2.07. The molecule has 2 heteroatoms. The number of ether oxygens (including phenoxy) is 1. The molecular weight excluding hydrogens is 174 g/mol. The van der Waals surface area contributed by atoms with Gasteiger partial charge < -0.3 is 10.5 Å². The highest BCUT2D eigenvalue weighted by molar-refractivity contribution is 5.26. The summed E-state index contributed by atoms with van der Waals surface area (Å²) in [5.74, 6) is 1.35. The largest absolute Gasteiger partial charge is 0.492 e. The van der Waals surface area contributed by atoms with Crippen molar-refractivity contribution in [1.29, 1.82) is 0 Å². The molecule has 0 saturated heterocycles. The van der Waals surface area contributed by atoms with Crippen molar-refractivity contribution >= 4 is 0 Å². The molecule has 1 aromatic carbocycles. The summed E-state index contributed by atoms with van der Waals surface area (Å²) in [7, 11) is 0. The Labute approximate surface area is 86.1 Å². The van der Waals surface area contributed by atoms with Crippen LogP contribution in [0.15, 0.2) is 24.3 Å². The van der Waals surface area contributed by atoms with Crippen LogP contribution in [0.5, 0.6) is 5.75 Å². The summed E-state index contributed by atoms with van der Waals surface area (Å²) in [4.78, 5) is 0. The van der Waals surface area contributed by atoms with E-state index in [1.165, 1.54) is 5.56 Å². The third-order valence-electron chi connectivity index (χ3n) is 2.32. The van der Waals surface area contributed by atoms with Crippen molar-refractivity contribution in [2.24, 2.45) is 11.7 Å². The van der Waals surface area contributed by atoms with Crippen LogP contribution in [-0.2, 0) is 0 Å². The summed E-state index contributed by atoms with van der Waals surface area (Å²) >= 11 is 0. The van der Waals surface area contributed by atoms with Gasteiger partial charge in [0.1, 0.15) is 12.4 Å². The van der Waals surface area contributed by atoms with Gasteiger partial charge in [-0.05, 0) is 25.0 Å². The maximum Gasteiger partial charge on any atom is 0.119 e. The topological polar surface area (TPSA) is 35.2 Å². The van der Waals surface area contributed by atoms with Crippen molar-refractivity contribution in [3.8, 4) is 5.75 Å². The number of benzene rings is 1. The molecule has 0 aromatic heterocycles. The summed E-state index contributed by atoms with van der Waals surface area (Å²) in [6, 6.07) is 8.13. The van der Waals surface area contributed by atoms with E-state index in [-0.39, 0.29) is 6.04 Å². The van der Waals surface area contributed by atoms with Crippen molar-refractivity contribution < 1.29 is 4.74 Å². The second kappa shape index (κ2) is 5.01. The van der Waals surface area contributed by atoms with Gasteiger partial charge >= 0.3 is 0 Å². The minimum atomic E-state index is 0.108. The van der Waals surface area contributed by atoms with Crippen LogP contribution in [0.1, 0.15) is 19.4 Å². The normalized spacial score (nSPS) is 12.9. The molecule has 0 heterocycles. The highest BCUT2D eigenvalue weighted by atomic mass is 16.5. The second-order valence-electron chi connectivity index (χ2n) is 4.03. The average Bonchev–Trinajstić information content (AvgIpc) is 2.16. The zero-order valence-corrected chi connectivity index (χ0v) is 9.16. The van der Waals surface area contributed by atoms with Gasteiger partial charge in [0.25, 0.3) is 0 Å². The number of rotatable bonds is 4. The van der Waals surface area contributed by atoms with E-state index in [2.05, 4.69) is 20.8 Å². The lowest BCUT2D eigenvalue weighted by Crippen LogP contribution is -2.32. The molecule has 1 aromatic rings. The lowest BCUT2D eigenvalue weighted by molar-refractivity contribution is 0.259. The predicted molar refractivity (Wildman–Crippen MR) is 59.5 cm³/mol. The molecule has 0 bridgehead atoms. The molecule has 0 aliphatic heterocycles. The van der Waals surface area contributed by atoms with Gasteiger partial charge in [-0.25, -0.2) is 0 Å². The highest BCUT2D eigenvalue weighted by Crippen LogP contribution is 2.12. The lowest BCUT2D eigenvalue weighted by atomic mass is 10.1. The Balaban J connectivity index is 2.42. The van der Waals surface area contributed by atoms with Crippen molar-refractivity contribution in [1.82, 2.24) is 0 Å². The Hall–Kier alpha value is -1.02. The molecule has 0 spiro atoms. The molecule has 1 unspecified atom stereocenters. The maximum absolute atomic E-state index is 5.87. The van der Waals surface area contributed by atoms with Crippen LogP contribution in [0.4, 0.5) is 0 Å². The van der Waals surface area contributed by atoms with Crippen molar-refractivity contribution in [3.63, 3.8) is 0 Å². The molecule has 2 N–H and O–H groups in total. The van der Waals surface area contributed by atoms with E-state index >= 15 is 0 Å². The van der Waals surface area contributed by atoms with Gasteiger partial charge in [-0.1, -0.05) is 31.5 Å². The number of aryl methyl sites for hydroxylation is 1. The molecule has 0 aliphatic rings. The van der Waals surface area contributed by atoms with Crippen LogP contribution < -0.4 is 10.5 Å². The van der Waals surface area contributed by atoms with Crippen LogP contribution >= 0.6 is 0 Å². The number of hydrogen-bond acceptors (Lipinski definition) is 2. The second-order valence-corrected chi connectivity index (χ2v) is 4.03. The smallest absolute Gasteiger partial charge is 0.119 e. The predicted octanol–water partition coefficient (Wildman–Crippen LogP) is 2.36. The van der Waals surface area contributed by atoms with E-state index in [1.807, 2.05) is 24.3 Å². The zero-order valence-electron chi connectivity index (χ0n) is 9.16. The monoisotopic (exact) mass is 193 g/mol. The van der Waals surface area contributed by atoms with Crippen molar-refractivity contribution in [3.05, 3.63) is 29.8 Å². The Morgan fingerprint density at radius 1 is 1.21 bits per heavy atom. The number of hydrogen-bond donors (Lipinski definition) is 1. The summed E-state index contributed by atoms with van der Waals surface area (Å²) in [6.07, 6.45) is 0. The molecule has 14 heavy (non-hydrogen) atoms. The first-order valence-electron chi connectivity index (χ1n) is 5.04. The summed E-state index contributed by atoms with van der Waals surface area (Å²) in [6.45, 7) is 6.84. The van der Waals surface area contributed by atoms with Gasteiger partial charge in [0, 0.05) is 6.04 Å². The minimum Gasteiger partial charge on any atom is -0.492 e. The van der Waals surface area contributed by atoms with E-state index in [4.69, 9.17) is 10.5 Å². The van der Waals surface area contributed by atoms with E-state index in [0.717, 1.165) is 5.75 Å². The fourth-order valence-electron chi connectivity index (χ4n) is 1.02. The van der Waals surface area contributed by atoms with Gasteiger partial charge in [0.15, 0.2) is 0 Å². The van der Waals surface area contributed by atoms with Crippen LogP contribution in [0.25, 0.3) is 0 Å². The van der Waals surface area contributed by atoms with Gasteiger partial charge in [-0.2, -0.15) is 0 Å². The van der Waals surface area contributed by atoms with Gasteiger partial charge in [0.2, 0.25) is 0 Å². The fraction of sp³-hybridized carbons (Fsp3) is 0.500. The number of nitrogens with two attached hydrogens (primary N) is 1. The van der Waals surface area contributed by atoms with E-state index in [1.54, 1.807) is 0 Å². The average molecular weight is 193 g/mol. The Kier molecular flexibility index (Phi) is 3.96. The molecule has 0 aliphatic carbocycles.